The van der Waals surface area contributed by atoms with Gasteiger partial charge in [-0.3, -0.25) is 9.48 Å². The van der Waals surface area contributed by atoms with Crippen LogP contribution in [-0.2, 0) is 11.3 Å². The van der Waals surface area contributed by atoms with E-state index in [1.807, 2.05) is 6.07 Å². The molecule has 4 rings (SSSR count). The second-order valence-electron chi connectivity index (χ2n) is 5.59. The van der Waals surface area contributed by atoms with Gasteiger partial charge in [0.05, 0.1) is 30.2 Å². The van der Waals surface area contributed by atoms with Crippen LogP contribution in [-0.4, -0.2) is 38.4 Å². The maximum absolute atomic E-state index is 12.4. The van der Waals surface area contributed by atoms with Crippen LogP contribution in [0.3, 0.4) is 0 Å². The molecule has 1 aromatic carbocycles. The molecule has 0 fully saturated rings. The number of hydrogen-bond donors (Lipinski definition) is 1. The minimum atomic E-state index is -0.540. The Kier molecular flexibility index (Phi) is 4.38. The number of anilines is 1. The number of methoxy groups -OCH3 is 1. The molecule has 0 radical (unpaired) electrons. The maximum Gasteiger partial charge on any atom is 0.373 e. The first kappa shape index (κ1) is 16.9. The summed E-state index contributed by atoms with van der Waals surface area (Å²) in [7, 11) is 1.29. The van der Waals surface area contributed by atoms with Crippen LogP contribution in [0.5, 0.6) is 0 Å². The first-order chi connectivity index (χ1) is 13.1. The highest BCUT2D eigenvalue weighted by atomic mass is 32.1. The van der Waals surface area contributed by atoms with Crippen molar-refractivity contribution in [3.63, 3.8) is 0 Å². The van der Waals surface area contributed by atoms with Crippen LogP contribution < -0.4 is 5.32 Å². The minimum absolute atomic E-state index is 0.125. The Morgan fingerprint density at radius 2 is 2.19 bits per heavy atom. The zero-order chi connectivity index (χ0) is 18.8. The monoisotopic (exact) mass is 383 g/mol. The lowest BCUT2D eigenvalue weighted by Crippen LogP contribution is -2.11. The molecule has 0 spiro atoms. The second kappa shape index (κ2) is 7.00. The molecule has 0 unspecified atom stereocenters. The van der Waals surface area contributed by atoms with Crippen molar-refractivity contribution in [1.29, 1.82) is 0 Å². The summed E-state index contributed by atoms with van der Waals surface area (Å²) in [6.45, 7) is 0.309. The van der Waals surface area contributed by atoms with E-state index in [-0.39, 0.29) is 11.7 Å². The number of amides is 1. The van der Waals surface area contributed by atoms with Crippen molar-refractivity contribution in [3.8, 4) is 0 Å². The van der Waals surface area contributed by atoms with Gasteiger partial charge < -0.3 is 14.5 Å². The van der Waals surface area contributed by atoms with E-state index in [1.165, 1.54) is 30.9 Å². The summed E-state index contributed by atoms with van der Waals surface area (Å²) in [5.41, 5.74) is 1.70. The molecule has 4 aromatic rings. The van der Waals surface area contributed by atoms with E-state index in [4.69, 9.17) is 4.42 Å². The van der Waals surface area contributed by atoms with E-state index < -0.39 is 5.97 Å². The number of fused-ring (bicyclic) bond motifs is 1. The van der Waals surface area contributed by atoms with Crippen LogP contribution in [0.4, 0.5) is 5.69 Å². The smallest absolute Gasteiger partial charge is 0.373 e. The Labute approximate surface area is 156 Å². The van der Waals surface area contributed by atoms with Crippen LogP contribution in [0.15, 0.2) is 47.1 Å². The highest BCUT2D eigenvalue weighted by Gasteiger charge is 2.13. The van der Waals surface area contributed by atoms with E-state index >= 15 is 0 Å². The fourth-order valence-electron chi connectivity index (χ4n) is 2.47. The van der Waals surface area contributed by atoms with E-state index in [1.54, 1.807) is 29.1 Å². The number of furan rings is 1. The molecule has 3 aromatic heterocycles. The van der Waals surface area contributed by atoms with Gasteiger partial charge in [0.1, 0.15) is 11.3 Å². The quantitative estimate of drug-likeness (QED) is 0.527. The van der Waals surface area contributed by atoms with Crippen molar-refractivity contribution in [2.24, 2.45) is 0 Å². The van der Waals surface area contributed by atoms with Crippen molar-refractivity contribution >= 4 is 39.3 Å². The molecule has 9 nitrogen and oxygen atoms in total. The molecule has 10 heteroatoms. The summed E-state index contributed by atoms with van der Waals surface area (Å²) in [6.07, 6.45) is 3.20. The summed E-state index contributed by atoms with van der Waals surface area (Å²) >= 11 is 1.28. The fraction of sp³-hybridized carbons (Fsp3) is 0.118. The molecule has 0 saturated heterocycles. The molecular formula is C17H13N5O4S. The van der Waals surface area contributed by atoms with Crippen molar-refractivity contribution in [2.75, 3.05) is 12.4 Å². The van der Waals surface area contributed by atoms with Gasteiger partial charge >= 0.3 is 5.97 Å². The van der Waals surface area contributed by atoms with Crippen molar-refractivity contribution < 1.29 is 18.7 Å². The topological polar surface area (TPSA) is 112 Å². The van der Waals surface area contributed by atoms with E-state index in [2.05, 4.69) is 24.7 Å². The van der Waals surface area contributed by atoms with Gasteiger partial charge in [-0.1, -0.05) is 4.49 Å². The van der Waals surface area contributed by atoms with Crippen LogP contribution in [0.2, 0.25) is 0 Å². The zero-order valence-corrected chi connectivity index (χ0v) is 14.9. The number of carbonyl (C=O) groups is 2. The molecule has 0 atom stereocenters. The standard InChI is InChI=1S/C17H13N5O4S/c1-25-17(24)14-4-3-12(26-14)9-22-8-11(7-18-22)19-16(23)10-2-5-15-13(6-10)20-21-27-15/h2-8H,9H2,1H3,(H,19,23). The summed E-state index contributed by atoms with van der Waals surface area (Å²) in [5, 5.41) is 10.9. The Morgan fingerprint density at radius 1 is 1.30 bits per heavy atom. The Bertz CT molecular complexity index is 1130. The molecule has 0 aliphatic heterocycles. The Morgan fingerprint density at radius 3 is 3.04 bits per heavy atom. The van der Waals surface area contributed by atoms with Crippen molar-refractivity contribution in [2.45, 2.75) is 6.54 Å². The van der Waals surface area contributed by atoms with Crippen molar-refractivity contribution in [3.05, 3.63) is 59.8 Å². The van der Waals surface area contributed by atoms with Gasteiger partial charge in [-0.15, -0.1) is 5.10 Å². The minimum Gasteiger partial charge on any atom is -0.463 e. The summed E-state index contributed by atoms with van der Waals surface area (Å²) < 4.78 is 16.4. The van der Waals surface area contributed by atoms with Gasteiger partial charge in [0.2, 0.25) is 5.76 Å². The lowest BCUT2D eigenvalue weighted by atomic mass is 10.2. The average Bonchev–Trinajstić information content (AvgIpc) is 3.41. The van der Waals surface area contributed by atoms with Crippen LogP contribution in [0.25, 0.3) is 10.2 Å². The zero-order valence-electron chi connectivity index (χ0n) is 14.1. The van der Waals surface area contributed by atoms with E-state index in [9.17, 15) is 9.59 Å². The third-order valence-corrected chi connectivity index (χ3v) is 4.47. The van der Waals surface area contributed by atoms with Gasteiger partial charge in [-0.05, 0) is 41.9 Å². The number of benzene rings is 1. The summed E-state index contributed by atoms with van der Waals surface area (Å²) in [6, 6.07) is 8.43. The van der Waals surface area contributed by atoms with Gasteiger partial charge in [-0.2, -0.15) is 5.10 Å². The maximum atomic E-state index is 12.4. The third kappa shape index (κ3) is 3.55. The number of hydrogen-bond acceptors (Lipinski definition) is 8. The van der Waals surface area contributed by atoms with Gasteiger partial charge in [0.15, 0.2) is 0 Å². The number of aromatic nitrogens is 4. The molecule has 1 N–H and O–H groups in total. The predicted octanol–water partition coefficient (Wildman–Crippen LogP) is 2.57. The number of rotatable bonds is 5. The molecule has 27 heavy (non-hydrogen) atoms. The molecule has 1 amide bonds. The first-order valence-electron chi connectivity index (χ1n) is 7.85. The molecule has 3 heterocycles. The number of nitrogens with zero attached hydrogens (tertiary/aromatic N) is 4. The Hall–Kier alpha value is -3.53. The normalized spacial score (nSPS) is 10.9. The van der Waals surface area contributed by atoms with Crippen LogP contribution in [0, 0.1) is 0 Å². The molecular weight excluding hydrogens is 370 g/mol. The molecule has 0 saturated carbocycles. The first-order valence-corrected chi connectivity index (χ1v) is 8.62. The van der Waals surface area contributed by atoms with Gasteiger partial charge in [0.25, 0.3) is 5.91 Å². The molecule has 0 aliphatic rings. The average molecular weight is 383 g/mol. The molecule has 136 valence electrons. The number of ether oxygens (including phenoxy) is 1. The third-order valence-electron chi connectivity index (χ3n) is 3.77. The summed E-state index contributed by atoms with van der Waals surface area (Å²) in [4.78, 5) is 23.8. The molecule has 0 bridgehead atoms. The SMILES string of the molecule is COC(=O)c1ccc(Cn2cc(NC(=O)c3ccc4snnc4c3)cn2)o1. The second-order valence-corrected chi connectivity index (χ2v) is 6.38. The van der Waals surface area contributed by atoms with Crippen LogP contribution in [0.1, 0.15) is 26.7 Å². The summed E-state index contributed by atoms with van der Waals surface area (Å²) in [5.74, 6) is -0.143. The highest BCUT2D eigenvalue weighted by Crippen LogP contribution is 2.18. The fourth-order valence-corrected chi connectivity index (χ4v) is 3.01. The van der Waals surface area contributed by atoms with Gasteiger partial charge in [-0.25, -0.2) is 4.79 Å². The highest BCUT2D eigenvalue weighted by molar-refractivity contribution is 7.12. The van der Waals surface area contributed by atoms with Gasteiger partial charge in [0, 0.05) is 11.8 Å². The van der Waals surface area contributed by atoms with E-state index in [0.29, 0.717) is 29.1 Å². The van der Waals surface area contributed by atoms with Crippen LogP contribution >= 0.6 is 11.5 Å². The number of carbonyl (C=O) groups excluding carboxylic acids is 2. The largest absolute Gasteiger partial charge is 0.463 e. The number of esters is 1. The van der Waals surface area contributed by atoms with E-state index in [0.717, 1.165) is 4.70 Å². The lowest BCUT2D eigenvalue weighted by molar-refractivity contribution is 0.0562. The van der Waals surface area contributed by atoms with Crippen molar-refractivity contribution in [1.82, 2.24) is 19.4 Å². The predicted molar refractivity (Wildman–Crippen MR) is 96.7 cm³/mol. The lowest BCUT2D eigenvalue weighted by Gasteiger charge is -2.02. The Balaban J connectivity index is 1.43. The number of nitrogens with one attached hydrogen (secondary N) is 1. The molecule has 0 aliphatic carbocycles.